The average Bonchev–Trinajstić information content (AvgIpc) is 2.05. The maximum Gasteiger partial charge on any atom is 0.231 e. The van der Waals surface area contributed by atoms with Crippen LogP contribution >= 0.6 is 45.7 Å². The Morgan fingerprint density at radius 3 is 2.10 bits per heavy atom. The van der Waals surface area contributed by atoms with Crippen molar-refractivity contribution < 1.29 is 0 Å². The lowest BCUT2D eigenvalue weighted by atomic mass is 10.6. The molecule has 0 unspecified atom stereocenters. The van der Waals surface area contributed by atoms with Crippen LogP contribution in [0.2, 0.25) is 0 Å². The molecule has 0 aliphatic heterocycles. The third-order valence-corrected chi connectivity index (χ3v) is 1.95. The Bertz CT molecular complexity index is 176. The highest BCUT2D eigenvalue weighted by Gasteiger charge is 1.91. The molecule has 0 fully saturated rings. The lowest BCUT2D eigenvalue weighted by Gasteiger charge is -1.96. The lowest BCUT2D eigenvalue weighted by molar-refractivity contribution is 1.20. The maximum absolute atomic E-state index is 3.97. The van der Waals surface area contributed by atoms with Gasteiger partial charge in [-0.3, -0.25) is 3.53 Å². The lowest BCUT2D eigenvalue weighted by Crippen LogP contribution is -1.90. The number of hydrogen-bond donors (Lipinski definition) is 2. The highest BCUT2D eigenvalue weighted by molar-refractivity contribution is 14.1. The van der Waals surface area contributed by atoms with Gasteiger partial charge < -0.3 is 3.53 Å². The molecule has 0 amide bonds. The zero-order valence-corrected chi connectivity index (χ0v) is 9.12. The van der Waals surface area contributed by atoms with E-state index >= 15 is 0 Å². The van der Waals surface area contributed by atoms with Crippen molar-refractivity contribution in [3.63, 3.8) is 0 Å². The van der Waals surface area contributed by atoms with Gasteiger partial charge in [0.15, 0.2) is 0 Å². The molecule has 0 aliphatic rings. The fraction of sp³-hybridized carbons (Fsp3) is 0. The van der Waals surface area contributed by atoms with Crippen LogP contribution in [0.25, 0.3) is 0 Å². The van der Waals surface area contributed by atoms with Crippen LogP contribution in [0.4, 0.5) is 11.6 Å². The van der Waals surface area contributed by atoms with Crippen LogP contribution < -0.4 is 7.06 Å². The molecule has 6 heteroatoms. The summed E-state index contributed by atoms with van der Waals surface area (Å²) in [6, 6.07) is 0. The molecule has 0 atom stereocenters. The molecular weight excluding hydrogens is 358 g/mol. The van der Waals surface area contributed by atoms with Gasteiger partial charge in [0.1, 0.15) is 0 Å². The van der Waals surface area contributed by atoms with Crippen molar-refractivity contribution in [2.75, 3.05) is 7.06 Å². The van der Waals surface area contributed by atoms with Gasteiger partial charge in [-0.15, -0.1) is 0 Å². The predicted molar refractivity (Wildman–Crippen MR) is 57.3 cm³/mol. The van der Waals surface area contributed by atoms with E-state index in [-0.39, 0.29) is 0 Å². The minimum Gasteiger partial charge on any atom is -0.326 e. The minimum absolute atomic E-state index is 0.621. The number of rotatable bonds is 2. The van der Waals surface area contributed by atoms with E-state index in [1.807, 2.05) is 45.7 Å². The Morgan fingerprint density at radius 2 is 1.70 bits per heavy atom. The van der Waals surface area contributed by atoms with Crippen LogP contribution in [-0.2, 0) is 0 Å². The molecule has 0 bridgehead atoms. The molecule has 0 aromatic carbocycles. The normalized spacial score (nSPS) is 9.00. The van der Waals surface area contributed by atoms with Gasteiger partial charge in [0.25, 0.3) is 0 Å². The van der Waals surface area contributed by atoms with E-state index in [1.54, 1.807) is 12.4 Å². The first-order valence-corrected chi connectivity index (χ1v) is 4.58. The summed E-state index contributed by atoms with van der Waals surface area (Å²) in [6.45, 7) is 0. The summed E-state index contributed by atoms with van der Waals surface area (Å²) in [5.41, 5.74) is 0.899. The monoisotopic (exact) mass is 362 g/mol. The second kappa shape index (κ2) is 4.11. The van der Waals surface area contributed by atoms with E-state index in [0.29, 0.717) is 5.95 Å². The Morgan fingerprint density at radius 1 is 1.10 bits per heavy atom. The summed E-state index contributed by atoms with van der Waals surface area (Å²) >= 11 is 4.00. The van der Waals surface area contributed by atoms with Gasteiger partial charge in [-0.1, -0.05) is 0 Å². The van der Waals surface area contributed by atoms with E-state index in [9.17, 15) is 0 Å². The molecule has 0 saturated carbocycles. The van der Waals surface area contributed by atoms with Crippen molar-refractivity contribution in [2.45, 2.75) is 0 Å². The van der Waals surface area contributed by atoms with Gasteiger partial charge in [-0.05, 0) is 0 Å². The van der Waals surface area contributed by atoms with Crippen molar-refractivity contribution in [3.8, 4) is 0 Å². The molecule has 0 radical (unpaired) electrons. The molecule has 1 aromatic heterocycles. The first-order valence-electron chi connectivity index (χ1n) is 2.42. The van der Waals surface area contributed by atoms with E-state index in [1.165, 1.54) is 0 Å². The van der Waals surface area contributed by atoms with Gasteiger partial charge in [0.05, 0.1) is 63.8 Å². The Balaban J connectivity index is 2.80. The second-order valence-electron chi connectivity index (χ2n) is 1.48. The highest BCUT2D eigenvalue weighted by atomic mass is 127. The fourth-order valence-corrected chi connectivity index (χ4v) is 0.983. The van der Waals surface area contributed by atoms with Gasteiger partial charge in [-0.2, -0.15) is 0 Å². The summed E-state index contributed by atoms with van der Waals surface area (Å²) < 4.78 is 5.69. The largest absolute Gasteiger partial charge is 0.326 e. The Kier molecular flexibility index (Phi) is 3.39. The molecule has 1 aromatic rings. The number of halogens is 2. The SMILES string of the molecule is INc1cnc(NI)nc1. The first-order chi connectivity index (χ1) is 4.86. The van der Waals surface area contributed by atoms with Crippen molar-refractivity contribution >= 4 is 57.4 Å². The molecule has 0 saturated heterocycles. The van der Waals surface area contributed by atoms with Crippen molar-refractivity contribution in [1.82, 2.24) is 9.97 Å². The maximum atomic E-state index is 3.97. The first kappa shape index (κ1) is 8.24. The Labute approximate surface area is 86.2 Å². The number of hydrogen-bond acceptors (Lipinski definition) is 4. The standard InChI is InChI=1S/C4H4I2N4/c5-9-3-1-7-4(10-6)8-2-3/h1-2,9H,(H,7,8,10). The van der Waals surface area contributed by atoms with Gasteiger partial charge >= 0.3 is 0 Å². The minimum atomic E-state index is 0.621. The highest BCUT2D eigenvalue weighted by Crippen LogP contribution is 2.07. The molecule has 0 aliphatic carbocycles. The molecule has 54 valence electrons. The smallest absolute Gasteiger partial charge is 0.231 e. The van der Waals surface area contributed by atoms with Crippen LogP contribution in [0.3, 0.4) is 0 Å². The summed E-state index contributed by atoms with van der Waals surface area (Å²) in [7, 11) is 0. The molecule has 1 rings (SSSR count). The van der Waals surface area contributed by atoms with Crippen LogP contribution in [0, 0.1) is 0 Å². The fourth-order valence-electron chi connectivity index (χ4n) is 0.426. The molecular formula is C4H4I2N4. The molecule has 4 nitrogen and oxygen atoms in total. The zero-order chi connectivity index (χ0) is 7.40. The topological polar surface area (TPSA) is 49.8 Å². The van der Waals surface area contributed by atoms with Crippen LogP contribution in [0.1, 0.15) is 0 Å². The molecule has 10 heavy (non-hydrogen) atoms. The summed E-state index contributed by atoms with van der Waals surface area (Å²) in [5, 5.41) is 0. The average molecular weight is 362 g/mol. The molecule has 0 spiro atoms. The van der Waals surface area contributed by atoms with E-state index < -0.39 is 0 Å². The Hall–Kier alpha value is 0.140. The van der Waals surface area contributed by atoms with E-state index in [2.05, 4.69) is 17.0 Å². The van der Waals surface area contributed by atoms with Crippen molar-refractivity contribution in [2.24, 2.45) is 0 Å². The third kappa shape index (κ3) is 2.08. The van der Waals surface area contributed by atoms with E-state index in [0.717, 1.165) is 5.69 Å². The van der Waals surface area contributed by atoms with Gasteiger partial charge in [0.2, 0.25) is 5.95 Å². The van der Waals surface area contributed by atoms with E-state index in [4.69, 9.17) is 0 Å². The van der Waals surface area contributed by atoms with Crippen molar-refractivity contribution in [3.05, 3.63) is 12.4 Å². The summed E-state index contributed by atoms with van der Waals surface area (Å²) in [4.78, 5) is 7.94. The molecule has 1 heterocycles. The molecule has 2 N–H and O–H groups in total. The zero-order valence-electron chi connectivity index (χ0n) is 4.81. The number of anilines is 2. The number of nitrogens with one attached hydrogen (secondary N) is 2. The third-order valence-electron chi connectivity index (χ3n) is 0.845. The van der Waals surface area contributed by atoms with Gasteiger partial charge in [-0.25, -0.2) is 9.97 Å². The van der Waals surface area contributed by atoms with Crippen LogP contribution in [-0.4, -0.2) is 9.97 Å². The summed E-state index contributed by atoms with van der Waals surface area (Å²) in [6.07, 6.45) is 3.42. The van der Waals surface area contributed by atoms with Crippen molar-refractivity contribution in [1.29, 1.82) is 0 Å². The van der Waals surface area contributed by atoms with Gasteiger partial charge in [0, 0.05) is 0 Å². The summed E-state index contributed by atoms with van der Waals surface area (Å²) in [5.74, 6) is 0.621. The second-order valence-corrected chi connectivity index (χ2v) is 2.56. The number of aromatic nitrogens is 2. The van der Waals surface area contributed by atoms with Crippen LogP contribution in [0.15, 0.2) is 12.4 Å². The number of nitrogens with zero attached hydrogens (tertiary/aromatic N) is 2. The van der Waals surface area contributed by atoms with Crippen LogP contribution in [0.5, 0.6) is 0 Å². The quantitative estimate of drug-likeness (QED) is 0.625. The predicted octanol–water partition coefficient (Wildman–Crippen LogP) is 2.00.